The molecule has 11 heavy (non-hydrogen) atoms. The Morgan fingerprint density at radius 2 is 2.27 bits per heavy atom. The highest BCUT2D eigenvalue weighted by Gasteiger charge is 1.93. The standard InChI is InChI=1S/C7H9ClN2O/c8-6-1-2-7(11)10(5-6)4-3-9/h1-2,5H,3-4,9H2. The third-order valence-electron chi connectivity index (χ3n) is 1.32. The maximum absolute atomic E-state index is 11.0. The maximum atomic E-state index is 11.0. The molecule has 2 N–H and O–H groups in total. The van der Waals surface area contributed by atoms with Gasteiger partial charge in [-0.25, -0.2) is 0 Å². The number of halogens is 1. The van der Waals surface area contributed by atoms with E-state index < -0.39 is 0 Å². The first-order chi connectivity index (χ1) is 5.24. The minimum atomic E-state index is -0.0696. The summed E-state index contributed by atoms with van der Waals surface area (Å²) >= 11 is 5.65. The normalized spacial score (nSPS) is 10.0. The van der Waals surface area contributed by atoms with E-state index in [9.17, 15) is 4.79 Å². The number of nitrogens with two attached hydrogens (primary N) is 1. The second-order valence-electron chi connectivity index (χ2n) is 2.17. The summed E-state index contributed by atoms with van der Waals surface area (Å²) < 4.78 is 1.49. The van der Waals surface area contributed by atoms with E-state index in [1.165, 1.54) is 10.6 Å². The van der Waals surface area contributed by atoms with Crippen LogP contribution < -0.4 is 11.3 Å². The van der Waals surface area contributed by atoms with Gasteiger partial charge in [0.05, 0.1) is 5.02 Å². The summed E-state index contributed by atoms with van der Waals surface area (Å²) in [6.45, 7) is 0.958. The Morgan fingerprint density at radius 1 is 1.55 bits per heavy atom. The van der Waals surface area contributed by atoms with E-state index in [0.717, 1.165) is 0 Å². The molecule has 0 aliphatic carbocycles. The molecule has 1 aromatic rings. The summed E-state index contributed by atoms with van der Waals surface area (Å²) in [5.74, 6) is 0. The molecule has 0 amide bonds. The summed E-state index contributed by atoms with van der Waals surface area (Å²) in [5.41, 5.74) is 5.21. The lowest BCUT2D eigenvalue weighted by molar-refractivity contribution is 0.681. The molecule has 60 valence electrons. The molecule has 3 nitrogen and oxygen atoms in total. The average molecular weight is 173 g/mol. The molecule has 0 spiro atoms. The lowest BCUT2D eigenvalue weighted by Gasteiger charge is -2.01. The average Bonchev–Trinajstić information content (AvgIpc) is 1.98. The lowest BCUT2D eigenvalue weighted by Crippen LogP contribution is -2.22. The third kappa shape index (κ3) is 2.06. The molecule has 0 saturated heterocycles. The first-order valence-corrected chi connectivity index (χ1v) is 3.68. The molecule has 1 heterocycles. The SMILES string of the molecule is NCCn1cc(Cl)ccc1=O. The predicted octanol–water partition coefficient (Wildman–Crippen LogP) is 0.460. The quantitative estimate of drug-likeness (QED) is 0.705. The fourth-order valence-electron chi connectivity index (χ4n) is 0.816. The number of aromatic nitrogens is 1. The van der Waals surface area contributed by atoms with Crippen LogP contribution in [0.3, 0.4) is 0 Å². The van der Waals surface area contributed by atoms with Crippen molar-refractivity contribution in [2.75, 3.05) is 6.54 Å². The van der Waals surface area contributed by atoms with Gasteiger partial charge in [-0.05, 0) is 6.07 Å². The summed E-state index contributed by atoms with van der Waals surface area (Å²) in [6, 6.07) is 2.99. The molecular weight excluding hydrogens is 164 g/mol. The van der Waals surface area contributed by atoms with E-state index in [-0.39, 0.29) is 5.56 Å². The monoisotopic (exact) mass is 172 g/mol. The zero-order valence-corrected chi connectivity index (χ0v) is 6.71. The Labute approximate surface area is 69.4 Å². The van der Waals surface area contributed by atoms with E-state index in [4.69, 9.17) is 17.3 Å². The first kappa shape index (κ1) is 8.30. The second-order valence-corrected chi connectivity index (χ2v) is 2.60. The van der Waals surface area contributed by atoms with E-state index in [0.29, 0.717) is 18.1 Å². The van der Waals surface area contributed by atoms with Crippen LogP contribution in [0.1, 0.15) is 0 Å². The zero-order chi connectivity index (χ0) is 8.27. The third-order valence-corrected chi connectivity index (χ3v) is 1.54. The van der Waals surface area contributed by atoms with Crippen LogP contribution in [0.5, 0.6) is 0 Å². The van der Waals surface area contributed by atoms with Crippen LogP contribution in [-0.4, -0.2) is 11.1 Å². The highest BCUT2D eigenvalue weighted by molar-refractivity contribution is 6.30. The van der Waals surface area contributed by atoms with Gasteiger partial charge in [0.15, 0.2) is 0 Å². The van der Waals surface area contributed by atoms with Gasteiger partial charge in [-0.3, -0.25) is 4.79 Å². The Hall–Kier alpha value is -0.800. The molecule has 0 saturated carbocycles. The van der Waals surface area contributed by atoms with Gasteiger partial charge in [0.25, 0.3) is 5.56 Å². The lowest BCUT2D eigenvalue weighted by atomic mass is 10.4. The van der Waals surface area contributed by atoms with Crippen molar-refractivity contribution in [3.63, 3.8) is 0 Å². The molecular formula is C7H9ClN2O. The van der Waals surface area contributed by atoms with Gasteiger partial charge in [-0.15, -0.1) is 0 Å². The first-order valence-electron chi connectivity index (χ1n) is 3.30. The van der Waals surface area contributed by atoms with E-state index >= 15 is 0 Å². The molecule has 1 rings (SSSR count). The van der Waals surface area contributed by atoms with Crippen molar-refractivity contribution < 1.29 is 0 Å². The number of nitrogens with zero attached hydrogens (tertiary/aromatic N) is 1. The molecule has 1 aromatic heterocycles. The molecule has 0 aliphatic heterocycles. The van der Waals surface area contributed by atoms with Crippen molar-refractivity contribution >= 4 is 11.6 Å². The number of rotatable bonds is 2. The van der Waals surface area contributed by atoms with Gasteiger partial charge < -0.3 is 10.3 Å². The molecule has 0 radical (unpaired) electrons. The minimum absolute atomic E-state index is 0.0696. The van der Waals surface area contributed by atoms with Crippen molar-refractivity contribution in [1.29, 1.82) is 0 Å². The van der Waals surface area contributed by atoms with Gasteiger partial charge in [0.2, 0.25) is 0 Å². The molecule has 0 aromatic carbocycles. The van der Waals surface area contributed by atoms with Gasteiger partial charge in [0, 0.05) is 25.4 Å². The summed E-state index contributed by atoms with van der Waals surface area (Å²) in [4.78, 5) is 11.0. The van der Waals surface area contributed by atoms with Crippen LogP contribution in [0.15, 0.2) is 23.1 Å². The van der Waals surface area contributed by atoms with Crippen LogP contribution in [0.2, 0.25) is 5.02 Å². The van der Waals surface area contributed by atoms with Crippen LogP contribution in [-0.2, 0) is 6.54 Å². The summed E-state index contributed by atoms with van der Waals surface area (Å²) in [5, 5.41) is 0.554. The van der Waals surface area contributed by atoms with E-state index in [2.05, 4.69) is 0 Å². The van der Waals surface area contributed by atoms with Crippen LogP contribution >= 0.6 is 11.6 Å². The van der Waals surface area contributed by atoms with Crippen LogP contribution in [0.25, 0.3) is 0 Å². The molecule has 0 bridgehead atoms. The predicted molar refractivity (Wildman–Crippen MR) is 44.8 cm³/mol. The Morgan fingerprint density at radius 3 is 2.91 bits per heavy atom. The Kier molecular flexibility index (Phi) is 2.68. The number of hydrogen-bond acceptors (Lipinski definition) is 2. The fourth-order valence-corrected chi connectivity index (χ4v) is 0.997. The topological polar surface area (TPSA) is 48.0 Å². The Bertz CT molecular complexity index is 295. The van der Waals surface area contributed by atoms with E-state index in [1.807, 2.05) is 0 Å². The number of hydrogen-bond donors (Lipinski definition) is 1. The van der Waals surface area contributed by atoms with Crippen LogP contribution in [0.4, 0.5) is 0 Å². The van der Waals surface area contributed by atoms with Crippen molar-refractivity contribution in [2.45, 2.75) is 6.54 Å². The Balaban J connectivity index is 3.03. The van der Waals surface area contributed by atoms with Crippen molar-refractivity contribution in [2.24, 2.45) is 5.73 Å². The van der Waals surface area contributed by atoms with Gasteiger partial charge >= 0.3 is 0 Å². The maximum Gasteiger partial charge on any atom is 0.250 e. The fraction of sp³-hybridized carbons (Fsp3) is 0.286. The van der Waals surface area contributed by atoms with E-state index in [1.54, 1.807) is 12.3 Å². The second kappa shape index (κ2) is 3.55. The zero-order valence-electron chi connectivity index (χ0n) is 5.96. The number of pyridine rings is 1. The molecule has 0 aliphatic rings. The minimum Gasteiger partial charge on any atom is -0.329 e. The molecule has 0 unspecified atom stereocenters. The van der Waals surface area contributed by atoms with Gasteiger partial charge in [-0.2, -0.15) is 0 Å². The van der Waals surface area contributed by atoms with Crippen LogP contribution in [0, 0.1) is 0 Å². The van der Waals surface area contributed by atoms with Gasteiger partial charge in [-0.1, -0.05) is 11.6 Å². The molecule has 0 atom stereocenters. The highest BCUT2D eigenvalue weighted by atomic mass is 35.5. The smallest absolute Gasteiger partial charge is 0.250 e. The summed E-state index contributed by atoms with van der Waals surface area (Å²) in [6.07, 6.45) is 1.58. The highest BCUT2D eigenvalue weighted by Crippen LogP contribution is 2.02. The van der Waals surface area contributed by atoms with Gasteiger partial charge in [0.1, 0.15) is 0 Å². The largest absolute Gasteiger partial charge is 0.329 e. The van der Waals surface area contributed by atoms with Crippen molar-refractivity contribution in [1.82, 2.24) is 4.57 Å². The summed E-state index contributed by atoms with van der Waals surface area (Å²) in [7, 11) is 0. The molecule has 0 fully saturated rings. The molecule has 4 heteroatoms. The van der Waals surface area contributed by atoms with Crippen molar-refractivity contribution in [3.05, 3.63) is 33.7 Å². The van der Waals surface area contributed by atoms with Crippen molar-refractivity contribution in [3.8, 4) is 0 Å².